The fourth-order valence-electron chi connectivity index (χ4n) is 1.43. The van der Waals surface area contributed by atoms with Gasteiger partial charge in [-0.3, -0.25) is 4.79 Å². The first-order valence-corrected chi connectivity index (χ1v) is 5.02. The number of aromatic nitrogens is 3. The Hall–Kier alpha value is -1.23. The molecule has 0 amide bonds. The molecule has 2 aromatic heterocycles. The largest absolute Gasteiger partial charge is 0.311 e. The molecule has 4 nitrogen and oxygen atoms in total. The maximum absolute atomic E-state index is 11.8. The van der Waals surface area contributed by atoms with E-state index in [-0.39, 0.29) is 5.56 Å². The van der Waals surface area contributed by atoms with Crippen LogP contribution in [0.5, 0.6) is 0 Å². The minimum atomic E-state index is -0.0119. The molecule has 5 heteroatoms. The first kappa shape index (κ1) is 9.33. The van der Waals surface area contributed by atoms with Gasteiger partial charge in [-0.25, -0.2) is 4.52 Å². The molecule has 0 atom stereocenters. The standard InChI is InChI=1S/C9H11N3OS/c1-7-6-8-9(13)11(4-5-14)2-3-12(8)10-7/h2-3,6,14H,4-5H2,1H3. The summed E-state index contributed by atoms with van der Waals surface area (Å²) < 4.78 is 3.25. The topological polar surface area (TPSA) is 39.3 Å². The zero-order valence-corrected chi connectivity index (χ0v) is 8.74. The van der Waals surface area contributed by atoms with Crippen LogP contribution in [0.15, 0.2) is 23.3 Å². The van der Waals surface area contributed by atoms with E-state index in [1.165, 1.54) is 0 Å². The van der Waals surface area contributed by atoms with Gasteiger partial charge in [-0.1, -0.05) is 0 Å². The van der Waals surface area contributed by atoms with Crippen molar-refractivity contribution in [3.05, 3.63) is 34.5 Å². The van der Waals surface area contributed by atoms with Gasteiger partial charge < -0.3 is 4.57 Å². The number of hydrogen-bond acceptors (Lipinski definition) is 3. The van der Waals surface area contributed by atoms with Crippen molar-refractivity contribution in [2.45, 2.75) is 13.5 Å². The second-order valence-electron chi connectivity index (χ2n) is 3.14. The van der Waals surface area contributed by atoms with Crippen molar-refractivity contribution in [1.82, 2.24) is 14.2 Å². The van der Waals surface area contributed by atoms with Crippen LogP contribution in [0.1, 0.15) is 5.69 Å². The summed E-state index contributed by atoms with van der Waals surface area (Å²) in [6.07, 6.45) is 3.52. The van der Waals surface area contributed by atoms with Crippen LogP contribution in [-0.2, 0) is 6.54 Å². The molecule has 0 unspecified atom stereocenters. The third-order valence-corrected chi connectivity index (χ3v) is 2.27. The van der Waals surface area contributed by atoms with Crippen LogP contribution in [0.2, 0.25) is 0 Å². The van der Waals surface area contributed by atoms with Gasteiger partial charge in [0.25, 0.3) is 5.56 Å². The molecule has 2 heterocycles. The predicted octanol–water partition coefficient (Wildman–Crippen LogP) is 0.734. The molecule has 0 aromatic carbocycles. The molecule has 74 valence electrons. The lowest BCUT2D eigenvalue weighted by atomic mass is 10.4. The van der Waals surface area contributed by atoms with Gasteiger partial charge in [0.2, 0.25) is 0 Å². The summed E-state index contributed by atoms with van der Waals surface area (Å²) in [6, 6.07) is 1.79. The molecule has 0 aliphatic carbocycles. The molecule has 14 heavy (non-hydrogen) atoms. The van der Waals surface area contributed by atoms with E-state index in [2.05, 4.69) is 17.7 Å². The van der Waals surface area contributed by atoms with E-state index in [4.69, 9.17) is 0 Å². The van der Waals surface area contributed by atoms with Crippen LogP contribution >= 0.6 is 12.6 Å². The van der Waals surface area contributed by atoms with Gasteiger partial charge >= 0.3 is 0 Å². The van der Waals surface area contributed by atoms with Gasteiger partial charge in [0, 0.05) is 24.7 Å². The molecular formula is C9H11N3OS. The maximum atomic E-state index is 11.8. The Kier molecular flexibility index (Phi) is 2.33. The van der Waals surface area contributed by atoms with E-state index in [1.54, 1.807) is 27.5 Å². The molecule has 0 saturated carbocycles. The van der Waals surface area contributed by atoms with Gasteiger partial charge in [-0.2, -0.15) is 17.7 Å². The van der Waals surface area contributed by atoms with Crippen LogP contribution in [0.4, 0.5) is 0 Å². The summed E-state index contributed by atoms with van der Waals surface area (Å²) >= 11 is 4.10. The lowest BCUT2D eigenvalue weighted by Gasteiger charge is -2.02. The normalized spacial score (nSPS) is 11.0. The van der Waals surface area contributed by atoms with E-state index < -0.39 is 0 Å². The molecule has 0 aliphatic heterocycles. The second-order valence-corrected chi connectivity index (χ2v) is 3.58. The number of aryl methyl sites for hydroxylation is 2. The van der Waals surface area contributed by atoms with E-state index in [0.29, 0.717) is 17.8 Å². The van der Waals surface area contributed by atoms with Crippen molar-refractivity contribution in [3.63, 3.8) is 0 Å². The van der Waals surface area contributed by atoms with Gasteiger partial charge in [0.1, 0.15) is 5.52 Å². The molecule has 2 aromatic rings. The number of rotatable bonds is 2. The highest BCUT2D eigenvalue weighted by Gasteiger charge is 2.03. The third kappa shape index (κ3) is 1.43. The first-order chi connectivity index (χ1) is 6.72. The fraction of sp³-hybridized carbons (Fsp3) is 0.333. The second kappa shape index (κ2) is 3.49. The third-order valence-electron chi connectivity index (χ3n) is 2.07. The van der Waals surface area contributed by atoms with Crippen molar-refractivity contribution < 1.29 is 0 Å². The Bertz CT molecular complexity index is 514. The van der Waals surface area contributed by atoms with Crippen molar-refractivity contribution in [1.29, 1.82) is 0 Å². The van der Waals surface area contributed by atoms with Crippen LogP contribution in [0, 0.1) is 6.92 Å². The highest BCUT2D eigenvalue weighted by atomic mass is 32.1. The van der Waals surface area contributed by atoms with Crippen LogP contribution in [0.3, 0.4) is 0 Å². The number of nitrogens with zero attached hydrogens (tertiary/aromatic N) is 3. The molecule has 0 spiro atoms. The lowest BCUT2D eigenvalue weighted by molar-refractivity contribution is 0.722. The maximum Gasteiger partial charge on any atom is 0.276 e. The quantitative estimate of drug-likeness (QED) is 0.741. The number of fused-ring (bicyclic) bond motifs is 1. The van der Waals surface area contributed by atoms with Crippen molar-refractivity contribution >= 4 is 18.1 Å². The van der Waals surface area contributed by atoms with E-state index in [9.17, 15) is 4.79 Å². The Morgan fingerprint density at radius 3 is 3.00 bits per heavy atom. The molecule has 0 saturated heterocycles. The monoisotopic (exact) mass is 209 g/mol. The molecule has 2 rings (SSSR count). The van der Waals surface area contributed by atoms with Crippen molar-refractivity contribution in [2.24, 2.45) is 0 Å². The Labute approximate surface area is 86.6 Å². The molecule has 0 aliphatic rings. The van der Waals surface area contributed by atoms with Crippen molar-refractivity contribution in [2.75, 3.05) is 5.75 Å². The van der Waals surface area contributed by atoms with E-state index >= 15 is 0 Å². The highest BCUT2D eigenvalue weighted by Crippen LogP contribution is 1.99. The first-order valence-electron chi connectivity index (χ1n) is 4.38. The zero-order chi connectivity index (χ0) is 10.1. The van der Waals surface area contributed by atoms with Crippen LogP contribution < -0.4 is 5.56 Å². The smallest absolute Gasteiger partial charge is 0.276 e. The lowest BCUT2D eigenvalue weighted by Crippen LogP contribution is -2.21. The average molecular weight is 209 g/mol. The Morgan fingerprint density at radius 1 is 1.50 bits per heavy atom. The molecule has 0 N–H and O–H groups in total. The summed E-state index contributed by atoms with van der Waals surface area (Å²) in [5.41, 5.74) is 1.46. The average Bonchev–Trinajstić information content (AvgIpc) is 2.52. The molecule has 0 bridgehead atoms. The molecule has 0 fully saturated rings. The minimum Gasteiger partial charge on any atom is -0.311 e. The Balaban J connectivity index is 2.68. The molecular weight excluding hydrogens is 198 g/mol. The Morgan fingerprint density at radius 2 is 2.29 bits per heavy atom. The van der Waals surface area contributed by atoms with Gasteiger partial charge in [-0.15, -0.1) is 0 Å². The summed E-state index contributed by atoms with van der Waals surface area (Å²) in [7, 11) is 0. The SMILES string of the molecule is Cc1cc2c(=O)n(CCS)ccn2n1. The van der Waals surface area contributed by atoms with Crippen molar-refractivity contribution in [3.8, 4) is 0 Å². The van der Waals surface area contributed by atoms with Gasteiger partial charge in [-0.05, 0) is 13.0 Å². The van der Waals surface area contributed by atoms with Gasteiger partial charge in [0.15, 0.2) is 0 Å². The predicted molar refractivity (Wildman–Crippen MR) is 58.0 cm³/mol. The van der Waals surface area contributed by atoms with Crippen LogP contribution in [-0.4, -0.2) is 19.9 Å². The minimum absolute atomic E-state index is 0.0119. The summed E-state index contributed by atoms with van der Waals surface area (Å²) in [6.45, 7) is 2.50. The summed E-state index contributed by atoms with van der Waals surface area (Å²) in [4.78, 5) is 11.8. The summed E-state index contributed by atoms with van der Waals surface area (Å²) in [5.74, 6) is 0.656. The number of thiol groups is 1. The van der Waals surface area contributed by atoms with E-state index in [0.717, 1.165) is 5.69 Å². The highest BCUT2D eigenvalue weighted by molar-refractivity contribution is 7.80. The zero-order valence-electron chi connectivity index (χ0n) is 7.84. The fourth-order valence-corrected chi connectivity index (χ4v) is 1.65. The van der Waals surface area contributed by atoms with Gasteiger partial charge in [0.05, 0.1) is 5.69 Å². The van der Waals surface area contributed by atoms with E-state index in [1.807, 2.05) is 6.92 Å². The van der Waals surface area contributed by atoms with Crippen LogP contribution in [0.25, 0.3) is 5.52 Å². The molecule has 0 radical (unpaired) electrons. The number of hydrogen-bond donors (Lipinski definition) is 1. The summed E-state index contributed by atoms with van der Waals surface area (Å²) in [5, 5.41) is 4.16.